The number of hydrogen-bond donors (Lipinski definition) is 0. The standard InChI is InChI=1S/C19H22F3N5O2/c1-12-3-4-14(10-23-12)27-15(19(20,21)22)5-6-26-17(28)9-16(24-18(26)27)25-7-8-29-11-13(25)2/h3-4,9-10,13,15H,5-8,11H2,1-2H3/t13-,15+/m1/s1. The van der Waals surface area contributed by atoms with E-state index in [9.17, 15) is 18.0 Å². The van der Waals surface area contributed by atoms with Crippen LogP contribution in [0.4, 0.5) is 30.6 Å². The van der Waals surface area contributed by atoms with E-state index < -0.39 is 12.2 Å². The molecule has 2 aromatic heterocycles. The second-order valence-electron chi connectivity index (χ2n) is 7.40. The predicted molar refractivity (Wildman–Crippen MR) is 102 cm³/mol. The molecule has 2 atom stereocenters. The Labute approximate surface area is 165 Å². The molecule has 2 aliphatic rings. The van der Waals surface area contributed by atoms with E-state index in [0.29, 0.717) is 31.3 Å². The van der Waals surface area contributed by atoms with Crippen LogP contribution in [0, 0.1) is 6.92 Å². The van der Waals surface area contributed by atoms with Gasteiger partial charge in [0.25, 0.3) is 5.56 Å². The van der Waals surface area contributed by atoms with E-state index in [2.05, 4.69) is 9.97 Å². The molecule has 0 amide bonds. The summed E-state index contributed by atoms with van der Waals surface area (Å²) in [4.78, 5) is 24.4. The first kappa shape index (κ1) is 19.7. The minimum atomic E-state index is -4.48. The van der Waals surface area contributed by atoms with Crippen molar-refractivity contribution in [2.45, 2.75) is 45.1 Å². The molecule has 0 aromatic carbocycles. The maximum atomic E-state index is 13.9. The maximum Gasteiger partial charge on any atom is 0.409 e. The van der Waals surface area contributed by atoms with Crippen LogP contribution in [-0.4, -0.2) is 52.6 Å². The average molecular weight is 409 g/mol. The van der Waals surface area contributed by atoms with Gasteiger partial charge in [0.2, 0.25) is 5.95 Å². The SMILES string of the molecule is Cc1ccc(N2c3nc(N4CCOC[C@H]4C)cc(=O)n3CC[C@H]2C(F)(F)F)cn1. The highest BCUT2D eigenvalue weighted by Gasteiger charge is 2.47. The van der Waals surface area contributed by atoms with Crippen LogP contribution >= 0.6 is 0 Å². The first-order valence-electron chi connectivity index (χ1n) is 9.50. The van der Waals surface area contributed by atoms with Gasteiger partial charge >= 0.3 is 6.18 Å². The first-order chi connectivity index (χ1) is 13.8. The third-order valence-electron chi connectivity index (χ3n) is 5.34. The molecular formula is C19H22F3N5O2. The monoisotopic (exact) mass is 409 g/mol. The molecule has 1 fully saturated rings. The third kappa shape index (κ3) is 3.68. The lowest BCUT2D eigenvalue weighted by molar-refractivity contribution is -0.150. The molecule has 0 spiro atoms. The Balaban J connectivity index is 1.86. The molecule has 7 nitrogen and oxygen atoms in total. The number of morpholine rings is 1. The molecule has 10 heteroatoms. The van der Waals surface area contributed by atoms with E-state index in [0.717, 1.165) is 4.90 Å². The molecule has 2 aromatic rings. The molecule has 4 rings (SSSR count). The van der Waals surface area contributed by atoms with Crippen LogP contribution in [0.15, 0.2) is 29.2 Å². The molecule has 0 N–H and O–H groups in total. The summed E-state index contributed by atoms with van der Waals surface area (Å²) in [6, 6.07) is 2.80. The van der Waals surface area contributed by atoms with Crippen molar-refractivity contribution in [3.05, 3.63) is 40.4 Å². The zero-order valence-corrected chi connectivity index (χ0v) is 16.2. The largest absolute Gasteiger partial charge is 0.409 e. The second-order valence-corrected chi connectivity index (χ2v) is 7.40. The van der Waals surface area contributed by atoms with Gasteiger partial charge in [-0.1, -0.05) is 0 Å². The number of ether oxygens (including phenoxy) is 1. The zero-order valence-electron chi connectivity index (χ0n) is 16.2. The lowest BCUT2D eigenvalue weighted by atomic mass is 10.1. The van der Waals surface area contributed by atoms with Gasteiger partial charge in [0.05, 0.1) is 31.1 Å². The van der Waals surface area contributed by atoms with E-state index in [1.807, 2.05) is 11.8 Å². The Hall–Kier alpha value is -2.62. The quantitative estimate of drug-likeness (QED) is 0.760. The average Bonchev–Trinajstić information content (AvgIpc) is 2.67. The number of anilines is 3. The Morgan fingerprint density at radius 3 is 2.69 bits per heavy atom. The van der Waals surface area contributed by atoms with E-state index in [1.165, 1.54) is 16.8 Å². The summed E-state index contributed by atoms with van der Waals surface area (Å²) in [5.74, 6) is 0.357. The van der Waals surface area contributed by atoms with Crippen molar-refractivity contribution in [2.75, 3.05) is 29.6 Å². The van der Waals surface area contributed by atoms with Crippen LogP contribution in [0.3, 0.4) is 0 Å². The molecule has 0 aliphatic carbocycles. The van der Waals surface area contributed by atoms with Gasteiger partial charge in [-0.2, -0.15) is 18.2 Å². The Kier molecular flexibility index (Phi) is 4.97. The first-order valence-corrected chi connectivity index (χ1v) is 9.50. The lowest BCUT2D eigenvalue weighted by Gasteiger charge is -2.40. The number of fused-ring (bicyclic) bond motifs is 1. The number of alkyl halides is 3. The predicted octanol–water partition coefficient (Wildman–Crippen LogP) is 2.64. The van der Waals surface area contributed by atoms with Gasteiger partial charge in [-0.3, -0.25) is 19.2 Å². The number of halogens is 3. The van der Waals surface area contributed by atoms with Crippen molar-refractivity contribution >= 4 is 17.5 Å². The fourth-order valence-corrected chi connectivity index (χ4v) is 3.82. The van der Waals surface area contributed by atoms with Gasteiger partial charge in [0, 0.05) is 24.8 Å². The lowest BCUT2D eigenvalue weighted by Crippen LogP contribution is -2.51. The van der Waals surface area contributed by atoms with E-state index in [4.69, 9.17) is 4.74 Å². The van der Waals surface area contributed by atoms with Gasteiger partial charge in [-0.15, -0.1) is 0 Å². The highest BCUT2D eigenvalue weighted by atomic mass is 19.4. The number of pyridine rings is 1. The summed E-state index contributed by atoms with van der Waals surface area (Å²) in [5, 5.41) is 0. The number of nitrogens with zero attached hydrogens (tertiary/aromatic N) is 5. The van der Waals surface area contributed by atoms with Crippen molar-refractivity contribution < 1.29 is 17.9 Å². The Bertz CT molecular complexity index is 944. The van der Waals surface area contributed by atoms with Gasteiger partial charge in [0.15, 0.2) is 0 Å². The van der Waals surface area contributed by atoms with Crippen molar-refractivity contribution in [1.82, 2.24) is 14.5 Å². The van der Waals surface area contributed by atoms with Crippen molar-refractivity contribution in [3.8, 4) is 0 Å². The molecule has 4 heterocycles. The summed E-state index contributed by atoms with van der Waals surface area (Å²) in [5.41, 5.74) is 0.579. The van der Waals surface area contributed by atoms with E-state index in [1.54, 1.807) is 19.1 Å². The van der Waals surface area contributed by atoms with Gasteiger partial charge in [0.1, 0.15) is 11.9 Å². The number of aryl methyl sites for hydroxylation is 1. The molecule has 2 aliphatic heterocycles. The summed E-state index contributed by atoms with van der Waals surface area (Å²) >= 11 is 0. The molecule has 0 unspecified atom stereocenters. The fraction of sp³-hybridized carbons (Fsp3) is 0.526. The third-order valence-corrected chi connectivity index (χ3v) is 5.34. The number of hydrogen-bond acceptors (Lipinski definition) is 6. The summed E-state index contributed by atoms with van der Waals surface area (Å²) < 4.78 is 48.3. The second kappa shape index (κ2) is 7.33. The highest BCUT2D eigenvalue weighted by molar-refractivity contribution is 5.61. The maximum absolute atomic E-state index is 13.9. The van der Waals surface area contributed by atoms with E-state index >= 15 is 0 Å². The van der Waals surface area contributed by atoms with Crippen LogP contribution < -0.4 is 15.4 Å². The molecule has 156 valence electrons. The van der Waals surface area contributed by atoms with Crippen molar-refractivity contribution in [2.24, 2.45) is 0 Å². The smallest absolute Gasteiger partial charge is 0.377 e. The Morgan fingerprint density at radius 2 is 2.03 bits per heavy atom. The van der Waals surface area contributed by atoms with Crippen molar-refractivity contribution in [3.63, 3.8) is 0 Å². The topological polar surface area (TPSA) is 63.5 Å². The minimum absolute atomic E-state index is 0.00887. The molecule has 1 saturated heterocycles. The van der Waals surface area contributed by atoms with E-state index in [-0.39, 0.29) is 36.2 Å². The van der Waals surface area contributed by atoms with Crippen LogP contribution in [0.25, 0.3) is 0 Å². The summed E-state index contributed by atoms with van der Waals surface area (Å²) in [7, 11) is 0. The van der Waals surface area contributed by atoms with Crippen LogP contribution in [-0.2, 0) is 11.3 Å². The summed E-state index contributed by atoms with van der Waals surface area (Å²) in [6.07, 6.45) is -3.32. The zero-order chi connectivity index (χ0) is 20.8. The molecule has 29 heavy (non-hydrogen) atoms. The highest BCUT2D eigenvalue weighted by Crippen LogP contribution is 2.39. The Morgan fingerprint density at radius 1 is 1.24 bits per heavy atom. The van der Waals surface area contributed by atoms with Crippen LogP contribution in [0.5, 0.6) is 0 Å². The van der Waals surface area contributed by atoms with Gasteiger partial charge in [-0.25, -0.2) is 0 Å². The van der Waals surface area contributed by atoms with Crippen molar-refractivity contribution in [1.29, 1.82) is 0 Å². The number of aromatic nitrogens is 3. The normalized spacial score (nSPS) is 22.5. The van der Waals surface area contributed by atoms with Crippen LogP contribution in [0.1, 0.15) is 19.0 Å². The van der Waals surface area contributed by atoms with Gasteiger partial charge in [-0.05, 0) is 32.4 Å². The molecular weight excluding hydrogens is 387 g/mol. The van der Waals surface area contributed by atoms with Gasteiger partial charge < -0.3 is 9.64 Å². The molecule has 0 radical (unpaired) electrons. The summed E-state index contributed by atoms with van der Waals surface area (Å²) in [6.45, 7) is 5.11. The molecule has 0 bridgehead atoms. The van der Waals surface area contributed by atoms with Crippen LogP contribution in [0.2, 0.25) is 0 Å². The fourth-order valence-electron chi connectivity index (χ4n) is 3.82. The number of rotatable bonds is 2. The molecule has 0 saturated carbocycles. The minimum Gasteiger partial charge on any atom is -0.377 e.